The second kappa shape index (κ2) is 12.5. The molecule has 0 bridgehead atoms. The van der Waals surface area contributed by atoms with Crippen molar-refractivity contribution in [2.24, 2.45) is 5.10 Å². The molecule has 0 aliphatic rings. The minimum atomic E-state index is -0.450. The summed E-state index contributed by atoms with van der Waals surface area (Å²) < 4.78 is 17.5. The van der Waals surface area contributed by atoms with Gasteiger partial charge in [0.05, 0.1) is 26.2 Å². The number of carbonyl (C=O) groups is 2. The SMILES string of the molecule is COc1ccc(-c2nnc(SCC(=O)N/N=C\c3ccc(OC(C)=O)c(OC)c3)n2-c2ccccc2)cc1. The molecule has 11 heteroatoms. The summed E-state index contributed by atoms with van der Waals surface area (Å²) in [7, 11) is 3.08. The molecular weight excluding hydrogens is 506 g/mol. The highest BCUT2D eigenvalue weighted by Crippen LogP contribution is 2.29. The first-order valence-electron chi connectivity index (χ1n) is 11.4. The van der Waals surface area contributed by atoms with E-state index in [-0.39, 0.29) is 11.7 Å². The summed E-state index contributed by atoms with van der Waals surface area (Å²) >= 11 is 1.24. The standard InChI is InChI=1S/C27H25N5O5S/c1-18(33)37-23-14-9-19(15-24(23)36-3)16-28-29-25(34)17-38-27-31-30-26(20-10-12-22(35-2)13-11-20)32(27)21-7-5-4-6-8-21/h4-16H,17H2,1-3H3,(H,29,34)/b28-16-. The van der Waals surface area contributed by atoms with E-state index in [2.05, 4.69) is 20.7 Å². The second-order valence-corrected chi connectivity index (χ2v) is 8.73. The molecular formula is C27H25N5O5S. The minimum Gasteiger partial charge on any atom is -0.497 e. The maximum absolute atomic E-state index is 12.5. The number of thioether (sulfide) groups is 1. The van der Waals surface area contributed by atoms with Crippen molar-refractivity contribution in [3.8, 4) is 34.3 Å². The van der Waals surface area contributed by atoms with Gasteiger partial charge in [0.15, 0.2) is 22.5 Å². The van der Waals surface area contributed by atoms with Crippen molar-refractivity contribution in [2.45, 2.75) is 12.1 Å². The molecule has 0 unspecified atom stereocenters. The van der Waals surface area contributed by atoms with Crippen LogP contribution in [0.5, 0.6) is 17.2 Å². The van der Waals surface area contributed by atoms with E-state index in [0.29, 0.717) is 28.0 Å². The lowest BCUT2D eigenvalue weighted by Gasteiger charge is -2.10. The van der Waals surface area contributed by atoms with E-state index in [1.165, 1.54) is 32.0 Å². The molecule has 0 radical (unpaired) electrons. The predicted molar refractivity (Wildman–Crippen MR) is 144 cm³/mol. The Morgan fingerprint density at radius 2 is 1.74 bits per heavy atom. The third kappa shape index (κ3) is 6.56. The van der Waals surface area contributed by atoms with Gasteiger partial charge in [-0.2, -0.15) is 5.10 Å². The van der Waals surface area contributed by atoms with Gasteiger partial charge in [-0.05, 0) is 60.2 Å². The van der Waals surface area contributed by atoms with Crippen molar-refractivity contribution >= 4 is 29.9 Å². The number of para-hydroxylation sites is 1. The summed E-state index contributed by atoms with van der Waals surface area (Å²) in [6, 6.07) is 22.1. The number of rotatable bonds is 10. The summed E-state index contributed by atoms with van der Waals surface area (Å²) in [4.78, 5) is 23.7. The van der Waals surface area contributed by atoms with Gasteiger partial charge in [0.1, 0.15) is 5.75 Å². The van der Waals surface area contributed by atoms with Crippen LogP contribution in [0.1, 0.15) is 12.5 Å². The van der Waals surface area contributed by atoms with Crippen LogP contribution in [-0.2, 0) is 9.59 Å². The zero-order valence-electron chi connectivity index (χ0n) is 21.0. The second-order valence-electron chi connectivity index (χ2n) is 7.79. The summed E-state index contributed by atoms with van der Waals surface area (Å²) in [5.74, 6) is 1.36. The van der Waals surface area contributed by atoms with Gasteiger partial charge in [-0.15, -0.1) is 10.2 Å². The lowest BCUT2D eigenvalue weighted by atomic mass is 10.2. The molecule has 0 aliphatic carbocycles. The Hall–Kier alpha value is -4.64. The summed E-state index contributed by atoms with van der Waals surface area (Å²) in [5.41, 5.74) is 4.89. The van der Waals surface area contributed by atoms with E-state index in [4.69, 9.17) is 14.2 Å². The van der Waals surface area contributed by atoms with E-state index in [9.17, 15) is 9.59 Å². The van der Waals surface area contributed by atoms with Gasteiger partial charge in [-0.3, -0.25) is 14.2 Å². The van der Waals surface area contributed by atoms with Gasteiger partial charge >= 0.3 is 5.97 Å². The van der Waals surface area contributed by atoms with Crippen LogP contribution in [0.2, 0.25) is 0 Å². The monoisotopic (exact) mass is 531 g/mol. The first-order valence-corrected chi connectivity index (χ1v) is 12.4. The van der Waals surface area contributed by atoms with E-state index >= 15 is 0 Å². The molecule has 38 heavy (non-hydrogen) atoms. The fourth-order valence-corrected chi connectivity index (χ4v) is 4.19. The molecule has 1 aromatic heterocycles. The van der Waals surface area contributed by atoms with Crippen molar-refractivity contribution in [2.75, 3.05) is 20.0 Å². The number of hydrazone groups is 1. The van der Waals surface area contributed by atoms with E-state index in [0.717, 1.165) is 17.0 Å². The lowest BCUT2D eigenvalue weighted by Crippen LogP contribution is -2.20. The van der Waals surface area contributed by atoms with E-state index in [1.807, 2.05) is 59.2 Å². The summed E-state index contributed by atoms with van der Waals surface area (Å²) in [6.07, 6.45) is 1.47. The number of methoxy groups -OCH3 is 2. The van der Waals surface area contributed by atoms with Crippen LogP contribution >= 0.6 is 11.8 Å². The Morgan fingerprint density at radius 1 is 0.974 bits per heavy atom. The quantitative estimate of drug-likeness (QED) is 0.107. The number of amides is 1. The number of hydrogen-bond acceptors (Lipinski definition) is 9. The van der Waals surface area contributed by atoms with Crippen molar-refractivity contribution in [3.05, 3.63) is 78.4 Å². The average molecular weight is 532 g/mol. The largest absolute Gasteiger partial charge is 0.497 e. The molecule has 0 saturated carbocycles. The number of esters is 1. The highest BCUT2D eigenvalue weighted by molar-refractivity contribution is 7.99. The molecule has 0 aliphatic heterocycles. The molecule has 0 spiro atoms. The molecule has 0 saturated heterocycles. The first kappa shape index (κ1) is 26.4. The van der Waals surface area contributed by atoms with Gasteiger partial charge in [-0.25, -0.2) is 5.43 Å². The Bertz CT molecular complexity index is 1440. The molecule has 3 aromatic carbocycles. The maximum Gasteiger partial charge on any atom is 0.308 e. The van der Waals surface area contributed by atoms with Gasteiger partial charge in [0, 0.05) is 18.2 Å². The minimum absolute atomic E-state index is 0.0691. The van der Waals surface area contributed by atoms with Crippen molar-refractivity contribution in [1.82, 2.24) is 20.2 Å². The van der Waals surface area contributed by atoms with Crippen LogP contribution in [0, 0.1) is 0 Å². The highest BCUT2D eigenvalue weighted by Gasteiger charge is 2.17. The first-order chi connectivity index (χ1) is 18.5. The molecule has 1 amide bonds. The molecule has 4 rings (SSSR count). The Labute approximate surface area is 223 Å². The number of benzene rings is 3. The highest BCUT2D eigenvalue weighted by atomic mass is 32.2. The summed E-state index contributed by atoms with van der Waals surface area (Å²) in [5, 5.41) is 13.3. The Kier molecular flexibility index (Phi) is 8.73. The number of hydrogen-bond donors (Lipinski definition) is 1. The smallest absolute Gasteiger partial charge is 0.308 e. The predicted octanol–water partition coefficient (Wildman–Crippen LogP) is 4.12. The topological polar surface area (TPSA) is 117 Å². The van der Waals surface area contributed by atoms with Gasteiger partial charge in [0.25, 0.3) is 5.91 Å². The molecule has 0 fully saturated rings. The summed E-state index contributed by atoms with van der Waals surface area (Å²) in [6.45, 7) is 1.31. The van der Waals surface area contributed by atoms with Gasteiger partial charge < -0.3 is 14.2 Å². The number of nitrogens with one attached hydrogen (secondary N) is 1. The Balaban J connectivity index is 1.45. The van der Waals surface area contributed by atoms with Crippen LogP contribution < -0.4 is 19.6 Å². The van der Waals surface area contributed by atoms with Gasteiger partial charge in [-0.1, -0.05) is 30.0 Å². The molecule has 1 N–H and O–H groups in total. The lowest BCUT2D eigenvalue weighted by molar-refractivity contribution is -0.132. The molecule has 1 heterocycles. The number of carbonyl (C=O) groups excluding carboxylic acids is 2. The number of ether oxygens (including phenoxy) is 3. The number of nitrogens with zero attached hydrogens (tertiary/aromatic N) is 4. The molecule has 194 valence electrons. The fourth-order valence-electron chi connectivity index (χ4n) is 3.45. The van der Waals surface area contributed by atoms with Crippen LogP contribution in [0.15, 0.2) is 83.1 Å². The van der Waals surface area contributed by atoms with E-state index < -0.39 is 5.97 Å². The van der Waals surface area contributed by atoms with Crippen molar-refractivity contribution in [1.29, 1.82) is 0 Å². The van der Waals surface area contributed by atoms with Crippen LogP contribution in [-0.4, -0.2) is 52.8 Å². The van der Waals surface area contributed by atoms with Crippen molar-refractivity contribution < 1.29 is 23.8 Å². The molecule has 0 atom stereocenters. The zero-order valence-corrected chi connectivity index (χ0v) is 21.8. The Morgan fingerprint density at radius 3 is 2.42 bits per heavy atom. The van der Waals surface area contributed by atoms with Crippen molar-refractivity contribution in [3.63, 3.8) is 0 Å². The van der Waals surface area contributed by atoms with E-state index in [1.54, 1.807) is 25.3 Å². The molecule has 4 aromatic rings. The molecule has 10 nitrogen and oxygen atoms in total. The maximum atomic E-state index is 12.5. The fraction of sp³-hybridized carbons (Fsp3) is 0.148. The third-order valence-electron chi connectivity index (χ3n) is 5.17. The van der Waals surface area contributed by atoms with Gasteiger partial charge in [0.2, 0.25) is 0 Å². The zero-order chi connectivity index (χ0) is 26.9. The third-order valence-corrected chi connectivity index (χ3v) is 6.10. The van der Waals surface area contributed by atoms with Crippen LogP contribution in [0.3, 0.4) is 0 Å². The number of aromatic nitrogens is 3. The average Bonchev–Trinajstić information content (AvgIpc) is 3.37. The van der Waals surface area contributed by atoms with Crippen LogP contribution in [0.4, 0.5) is 0 Å². The van der Waals surface area contributed by atoms with Crippen LogP contribution in [0.25, 0.3) is 17.1 Å². The normalized spacial score (nSPS) is 10.8.